The molecule has 33 heavy (non-hydrogen) atoms. The van der Waals surface area contributed by atoms with Gasteiger partial charge in [-0.1, -0.05) is 42.0 Å². The van der Waals surface area contributed by atoms with Gasteiger partial charge in [0, 0.05) is 35.1 Å². The summed E-state index contributed by atoms with van der Waals surface area (Å²) in [6, 6.07) is 14.6. The van der Waals surface area contributed by atoms with Crippen molar-refractivity contribution in [3.63, 3.8) is 0 Å². The van der Waals surface area contributed by atoms with Crippen LogP contribution in [0, 0.1) is 19.7 Å². The third kappa shape index (κ3) is 4.34. The highest BCUT2D eigenvalue weighted by molar-refractivity contribution is 7.98. The van der Waals surface area contributed by atoms with Crippen LogP contribution in [-0.2, 0) is 18.8 Å². The number of ether oxygens (including phenoxy) is 1. The van der Waals surface area contributed by atoms with Gasteiger partial charge in [0.15, 0.2) is 11.6 Å². The van der Waals surface area contributed by atoms with Crippen molar-refractivity contribution in [1.29, 1.82) is 0 Å². The van der Waals surface area contributed by atoms with Gasteiger partial charge in [-0.3, -0.25) is 4.98 Å². The molecular weight excluding hydrogens is 437 g/mol. The summed E-state index contributed by atoms with van der Waals surface area (Å²) in [7, 11) is 0. The fourth-order valence-electron chi connectivity index (χ4n) is 3.92. The SMILES string of the molecule is Cc1cccc(CSc2nc(-c3cccc(F)c3)nc3c2Cc2c(CO)cnc(C)c2O3)c1. The van der Waals surface area contributed by atoms with Gasteiger partial charge in [-0.2, -0.15) is 4.98 Å². The predicted octanol–water partition coefficient (Wildman–Crippen LogP) is 5.78. The Balaban J connectivity index is 1.60. The Morgan fingerprint density at radius 1 is 1.06 bits per heavy atom. The number of thioether (sulfide) groups is 1. The van der Waals surface area contributed by atoms with Crippen molar-refractivity contribution in [3.05, 3.63) is 94.1 Å². The van der Waals surface area contributed by atoms with Crippen molar-refractivity contribution in [1.82, 2.24) is 15.0 Å². The van der Waals surface area contributed by atoms with Gasteiger partial charge < -0.3 is 9.84 Å². The number of hydrogen-bond acceptors (Lipinski definition) is 6. The quantitative estimate of drug-likeness (QED) is 0.266. The van der Waals surface area contributed by atoms with E-state index in [1.54, 1.807) is 30.1 Å². The Kier molecular flexibility index (Phi) is 5.83. The molecule has 0 saturated carbocycles. The monoisotopic (exact) mass is 459 g/mol. The molecule has 2 aromatic carbocycles. The van der Waals surface area contributed by atoms with Crippen molar-refractivity contribution >= 4 is 11.8 Å². The molecule has 4 aromatic rings. The third-order valence-corrected chi connectivity index (χ3v) is 6.69. The molecule has 1 aliphatic heterocycles. The zero-order valence-electron chi connectivity index (χ0n) is 18.3. The number of hydrogen-bond donors (Lipinski definition) is 1. The minimum atomic E-state index is -0.346. The number of rotatable bonds is 5. The van der Waals surface area contributed by atoms with E-state index < -0.39 is 0 Å². The van der Waals surface area contributed by atoms with Crippen LogP contribution in [0.4, 0.5) is 4.39 Å². The Hall–Kier alpha value is -3.29. The summed E-state index contributed by atoms with van der Waals surface area (Å²) < 4.78 is 20.1. The number of aryl methyl sites for hydroxylation is 2. The van der Waals surface area contributed by atoms with Crippen molar-refractivity contribution < 1.29 is 14.2 Å². The van der Waals surface area contributed by atoms with Crippen LogP contribution in [-0.4, -0.2) is 20.1 Å². The van der Waals surface area contributed by atoms with E-state index in [2.05, 4.69) is 35.1 Å². The second-order valence-corrected chi connectivity index (χ2v) is 9.00. The average Bonchev–Trinajstić information content (AvgIpc) is 2.82. The van der Waals surface area contributed by atoms with Crippen LogP contribution >= 0.6 is 11.8 Å². The molecule has 166 valence electrons. The van der Waals surface area contributed by atoms with E-state index in [0.29, 0.717) is 29.4 Å². The van der Waals surface area contributed by atoms with Gasteiger partial charge >= 0.3 is 0 Å². The molecule has 0 atom stereocenters. The number of aromatic nitrogens is 3. The van der Waals surface area contributed by atoms with Crippen molar-refractivity contribution in [2.24, 2.45) is 0 Å². The largest absolute Gasteiger partial charge is 0.436 e. The molecule has 1 N–H and O–H groups in total. The van der Waals surface area contributed by atoms with Crippen LogP contribution in [0.25, 0.3) is 11.4 Å². The van der Waals surface area contributed by atoms with Gasteiger partial charge in [0.25, 0.3) is 0 Å². The minimum absolute atomic E-state index is 0.123. The highest BCUT2D eigenvalue weighted by Crippen LogP contribution is 2.43. The van der Waals surface area contributed by atoms with E-state index in [-0.39, 0.29) is 12.4 Å². The molecule has 0 spiro atoms. The van der Waals surface area contributed by atoms with Crippen LogP contribution in [0.5, 0.6) is 11.6 Å². The van der Waals surface area contributed by atoms with Gasteiger partial charge in [0.2, 0.25) is 5.88 Å². The first-order valence-electron chi connectivity index (χ1n) is 10.6. The summed E-state index contributed by atoms with van der Waals surface area (Å²) in [4.78, 5) is 13.8. The van der Waals surface area contributed by atoms with Crippen LogP contribution in [0.15, 0.2) is 59.8 Å². The van der Waals surface area contributed by atoms with Crippen LogP contribution in [0.2, 0.25) is 0 Å². The smallest absolute Gasteiger partial charge is 0.227 e. The lowest BCUT2D eigenvalue weighted by atomic mass is 9.99. The molecule has 0 amide bonds. The molecule has 2 aromatic heterocycles. The van der Waals surface area contributed by atoms with E-state index in [1.165, 1.54) is 23.3 Å². The fraction of sp³-hybridized carbons (Fsp3) is 0.192. The van der Waals surface area contributed by atoms with Crippen molar-refractivity contribution in [3.8, 4) is 23.0 Å². The second-order valence-electron chi connectivity index (χ2n) is 8.04. The molecule has 0 saturated heterocycles. The van der Waals surface area contributed by atoms with Gasteiger partial charge in [-0.25, -0.2) is 9.37 Å². The van der Waals surface area contributed by atoms with Gasteiger partial charge in [-0.15, -0.1) is 11.8 Å². The van der Waals surface area contributed by atoms with Crippen LogP contribution < -0.4 is 4.74 Å². The van der Waals surface area contributed by atoms with E-state index in [4.69, 9.17) is 9.72 Å². The minimum Gasteiger partial charge on any atom is -0.436 e. The van der Waals surface area contributed by atoms with Gasteiger partial charge in [0.05, 0.1) is 17.9 Å². The molecular formula is C26H22FN3O2S. The van der Waals surface area contributed by atoms with Crippen molar-refractivity contribution in [2.75, 3.05) is 0 Å². The fourth-order valence-corrected chi connectivity index (χ4v) is 4.89. The van der Waals surface area contributed by atoms with Gasteiger partial charge in [0.1, 0.15) is 10.8 Å². The number of fused-ring (bicyclic) bond motifs is 2. The predicted molar refractivity (Wildman–Crippen MR) is 126 cm³/mol. The first-order valence-corrected chi connectivity index (χ1v) is 11.6. The molecule has 5 nitrogen and oxygen atoms in total. The molecule has 5 rings (SSSR count). The molecule has 0 bridgehead atoms. The van der Waals surface area contributed by atoms with Gasteiger partial charge in [-0.05, 0) is 31.5 Å². The molecule has 0 fully saturated rings. The van der Waals surface area contributed by atoms with Crippen LogP contribution in [0.3, 0.4) is 0 Å². The Labute approximate surface area is 195 Å². The lowest BCUT2D eigenvalue weighted by Gasteiger charge is -2.24. The molecule has 0 unspecified atom stereocenters. The van der Waals surface area contributed by atoms with E-state index in [1.807, 2.05) is 13.0 Å². The maximum absolute atomic E-state index is 13.9. The number of pyridine rings is 1. The second kappa shape index (κ2) is 8.92. The molecule has 1 aliphatic rings. The van der Waals surface area contributed by atoms with E-state index in [0.717, 1.165) is 33.2 Å². The third-order valence-electron chi connectivity index (χ3n) is 5.60. The number of nitrogens with zero attached hydrogens (tertiary/aromatic N) is 3. The highest BCUT2D eigenvalue weighted by Gasteiger charge is 2.27. The lowest BCUT2D eigenvalue weighted by Crippen LogP contribution is -2.13. The van der Waals surface area contributed by atoms with E-state index in [9.17, 15) is 9.50 Å². The first-order chi connectivity index (χ1) is 16.0. The summed E-state index contributed by atoms with van der Waals surface area (Å²) in [5.41, 5.74) is 6.19. The standard InChI is InChI=1S/C26H22FN3O2S/c1-15-5-3-6-17(9-15)14-33-26-22-11-21-19(13-31)12-28-16(2)23(21)32-25(22)29-24(30-26)18-7-4-8-20(27)10-18/h3-10,12,31H,11,13-14H2,1-2H3. The molecule has 0 radical (unpaired) electrons. The summed E-state index contributed by atoms with van der Waals surface area (Å²) >= 11 is 1.60. The van der Waals surface area contributed by atoms with E-state index >= 15 is 0 Å². The number of aliphatic hydroxyl groups is 1. The Morgan fingerprint density at radius 3 is 2.70 bits per heavy atom. The molecule has 3 heterocycles. The first kappa shape index (κ1) is 21.6. The topological polar surface area (TPSA) is 68.1 Å². The average molecular weight is 460 g/mol. The molecule has 0 aliphatic carbocycles. The highest BCUT2D eigenvalue weighted by atomic mass is 32.2. The summed E-state index contributed by atoms with van der Waals surface area (Å²) in [5.74, 6) is 1.85. The summed E-state index contributed by atoms with van der Waals surface area (Å²) in [6.45, 7) is 3.82. The maximum atomic E-state index is 13.9. The van der Waals surface area contributed by atoms with Crippen LogP contribution in [0.1, 0.15) is 33.5 Å². The zero-order valence-corrected chi connectivity index (χ0v) is 19.1. The summed E-state index contributed by atoms with van der Waals surface area (Å²) in [6.07, 6.45) is 2.22. The Bertz CT molecular complexity index is 1360. The number of halogens is 1. The number of aliphatic hydroxyl groups excluding tert-OH is 1. The Morgan fingerprint density at radius 2 is 1.91 bits per heavy atom. The number of benzene rings is 2. The maximum Gasteiger partial charge on any atom is 0.227 e. The lowest BCUT2D eigenvalue weighted by molar-refractivity contribution is 0.278. The summed E-state index contributed by atoms with van der Waals surface area (Å²) in [5, 5.41) is 10.6. The normalized spacial score (nSPS) is 12.1. The molecule has 7 heteroatoms. The zero-order chi connectivity index (χ0) is 22.9. The van der Waals surface area contributed by atoms with Crippen molar-refractivity contribution in [2.45, 2.75) is 37.7 Å².